The first-order chi connectivity index (χ1) is 13.0. The Balaban J connectivity index is 1.56. The maximum atomic E-state index is 13.1. The molecule has 0 spiro atoms. The number of esters is 1. The lowest BCUT2D eigenvalue weighted by molar-refractivity contribution is 0.0596. The summed E-state index contributed by atoms with van der Waals surface area (Å²) in [4.78, 5) is 28.1. The average molecular weight is 391 g/mol. The van der Waals surface area contributed by atoms with Gasteiger partial charge in [-0.1, -0.05) is 17.7 Å². The van der Waals surface area contributed by atoms with Crippen LogP contribution in [0.5, 0.6) is 0 Å². The number of hydrogen-bond donors (Lipinski definition) is 0. The number of ether oxygens (including phenoxy) is 1. The molecule has 1 aliphatic rings. The highest BCUT2D eigenvalue weighted by molar-refractivity contribution is 6.31. The first-order valence-electron chi connectivity index (χ1n) is 8.62. The van der Waals surface area contributed by atoms with Crippen molar-refractivity contribution in [3.8, 4) is 0 Å². The third-order valence-electron chi connectivity index (χ3n) is 4.62. The van der Waals surface area contributed by atoms with Crippen molar-refractivity contribution in [3.63, 3.8) is 0 Å². The molecule has 1 aliphatic heterocycles. The second-order valence-electron chi connectivity index (χ2n) is 6.37. The van der Waals surface area contributed by atoms with Crippen molar-refractivity contribution >= 4 is 23.5 Å². The predicted octanol–water partition coefficient (Wildman–Crippen LogP) is 3.22. The fraction of sp³-hybridized carbons (Fsp3) is 0.300. The van der Waals surface area contributed by atoms with Gasteiger partial charge in [0.2, 0.25) is 0 Å². The van der Waals surface area contributed by atoms with E-state index >= 15 is 0 Å². The minimum Gasteiger partial charge on any atom is -0.465 e. The third-order valence-corrected chi connectivity index (χ3v) is 4.97. The van der Waals surface area contributed by atoms with Gasteiger partial charge in [-0.3, -0.25) is 9.69 Å². The van der Waals surface area contributed by atoms with E-state index in [0.717, 1.165) is 5.56 Å². The van der Waals surface area contributed by atoms with Crippen LogP contribution in [-0.2, 0) is 11.3 Å². The molecule has 0 aliphatic carbocycles. The standard InChI is InChI=1S/C20H20ClFN2O3/c1-27-20(26)15-4-2-14(3-5-15)19(25)24-10-8-23(9-11-24)13-16-6-7-17(22)12-18(16)21/h2-7,12H,8-11,13H2,1H3. The molecule has 0 aromatic heterocycles. The number of methoxy groups -OCH3 is 1. The molecule has 0 unspecified atom stereocenters. The van der Waals surface area contributed by atoms with Gasteiger partial charge in [-0.25, -0.2) is 9.18 Å². The molecule has 0 saturated carbocycles. The van der Waals surface area contributed by atoms with E-state index in [4.69, 9.17) is 11.6 Å². The molecule has 1 amide bonds. The summed E-state index contributed by atoms with van der Waals surface area (Å²) in [6.45, 7) is 3.22. The Kier molecular flexibility index (Phi) is 6.08. The lowest BCUT2D eigenvalue weighted by Gasteiger charge is -2.35. The van der Waals surface area contributed by atoms with Crippen molar-refractivity contribution in [2.45, 2.75) is 6.54 Å². The van der Waals surface area contributed by atoms with Crippen LogP contribution in [0.4, 0.5) is 4.39 Å². The van der Waals surface area contributed by atoms with Crippen LogP contribution in [0.3, 0.4) is 0 Å². The number of hydrogen-bond acceptors (Lipinski definition) is 4. The van der Waals surface area contributed by atoms with Crippen LogP contribution in [0.2, 0.25) is 5.02 Å². The summed E-state index contributed by atoms with van der Waals surface area (Å²) < 4.78 is 17.8. The Labute approximate surface area is 162 Å². The molecule has 0 radical (unpaired) electrons. The van der Waals surface area contributed by atoms with Gasteiger partial charge in [0.15, 0.2) is 0 Å². The Morgan fingerprint density at radius 3 is 2.26 bits per heavy atom. The monoisotopic (exact) mass is 390 g/mol. The summed E-state index contributed by atoms with van der Waals surface area (Å²) in [6.07, 6.45) is 0. The number of benzene rings is 2. The van der Waals surface area contributed by atoms with Crippen molar-refractivity contribution < 1.29 is 18.7 Å². The highest BCUT2D eigenvalue weighted by Crippen LogP contribution is 2.20. The van der Waals surface area contributed by atoms with Crippen molar-refractivity contribution in [1.29, 1.82) is 0 Å². The molecule has 0 atom stereocenters. The highest BCUT2D eigenvalue weighted by Gasteiger charge is 2.23. The van der Waals surface area contributed by atoms with Crippen molar-refractivity contribution in [2.75, 3.05) is 33.3 Å². The van der Waals surface area contributed by atoms with Crippen molar-refractivity contribution in [2.24, 2.45) is 0 Å². The largest absolute Gasteiger partial charge is 0.465 e. The van der Waals surface area contributed by atoms with Gasteiger partial charge in [-0.15, -0.1) is 0 Å². The molecule has 1 saturated heterocycles. The van der Waals surface area contributed by atoms with E-state index in [1.165, 1.54) is 19.2 Å². The molecule has 1 fully saturated rings. The van der Waals surface area contributed by atoms with Gasteiger partial charge in [0.1, 0.15) is 5.82 Å². The van der Waals surface area contributed by atoms with E-state index in [0.29, 0.717) is 48.9 Å². The van der Waals surface area contributed by atoms with Gasteiger partial charge in [0.05, 0.1) is 12.7 Å². The average Bonchev–Trinajstić information content (AvgIpc) is 2.69. The fourth-order valence-corrected chi connectivity index (χ4v) is 3.28. The summed E-state index contributed by atoms with van der Waals surface area (Å²) in [5, 5.41) is 0.416. The summed E-state index contributed by atoms with van der Waals surface area (Å²) in [5.41, 5.74) is 1.82. The minimum absolute atomic E-state index is 0.0640. The summed E-state index contributed by atoms with van der Waals surface area (Å²) in [6, 6.07) is 10.9. The second kappa shape index (κ2) is 8.50. The van der Waals surface area contributed by atoms with Crippen molar-refractivity contribution in [3.05, 3.63) is 70.0 Å². The topological polar surface area (TPSA) is 49.9 Å². The molecule has 3 rings (SSSR count). The van der Waals surface area contributed by atoms with Gasteiger partial charge >= 0.3 is 5.97 Å². The van der Waals surface area contributed by atoms with Crippen LogP contribution in [0.25, 0.3) is 0 Å². The molecule has 2 aromatic carbocycles. The smallest absolute Gasteiger partial charge is 0.337 e. The van der Waals surface area contributed by atoms with E-state index in [1.807, 2.05) is 0 Å². The number of carbonyl (C=O) groups is 2. The lowest BCUT2D eigenvalue weighted by atomic mass is 10.1. The van der Waals surface area contributed by atoms with Gasteiger partial charge < -0.3 is 9.64 Å². The Morgan fingerprint density at radius 2 is 1.67 bits per heavy atom. The van der Waals surface area contributed by atoms with Gasteiger partial charge in [-0.05, 0) is 42.0 Å². The van der Waals surface area contributed by atoms with Crippen LogP contribution in [0.1, 0.15) is 26.3 Å². The first kappa shape index (κ1) is 19.3. The molecule has 7 heteroatoms. The number of nitrogens with zero attached hydrogens (tertiary/aromatic N) is 2. The molecule has 142 valence electrons. The zero-order chi connectivity index (χ0) is 19.4. The maximum absolute atomic E-state index is 13.1. The molecule has 1 heterocycles. The molecular weight excluding hydrogens is 371 g/mol. The summed E-state index contributed by atoms with van der Waals surface area (Å²) >= 11 is 6.09. The molecular formula is C20H20ClFN2O3. The second-order valence-corrected chi connectivity index (χ2v) is 6.78. The normalized spacial score (nSPS) is 14.9. The minimum atomic E-state index is -0.429. The number of carbonyl (C=O) groups excluding carboxylic acids is 2. The molecule has 27 heavy (non-hydrogen) atoms. The summed E-state index contributed by atoms with van der Waals surface area (Å²) in [5.74, 6) is -0.842. The van der Waals surface area contributed by atoms with Crippen LogP contribution in [0, 0.1) is 5.82 Å². The van der Waals surface area contributed by atoms with E-state index in [2.05, 4.69) is 9.64 Å². The fourth-order valence-electron chi connectivity index (χ4n) is 3.05. The molecule has 2 aromatic rings. The number of amides is 1. The SMILES string of the molecule is COC(=O)c1ccc(C(=O)N2CCN(Cc3ccc(F)cc3Cl)CC2)cc1. The Morgan fingerprint density at radius 1 is 1.04 bits per heavy atom. The van der Waals surface area contributed by atoms with Gasteiger partial charge in [-0.2, -0.15) is 0 Å². The number of rotatable bonds is 4. The van der Waals surface area contributed by atoms with E-state index in [1.54, 1.807) is 35.2 Å². The maximum Gasteiger partial charge on any atom is 0.337 e. The third kappa shape index (κ3) is 4.64. The van der Waals surface area contributed by atoms with Crippen LogP contribution < -0.4 is 0 Å². The van der Waals surface area contributed by atoms with Gasteiger partial charge in [0.25, 0.3) is 5.91 Å². The quantitative estimate of drug-likeness (QED) is 0.752. The Hall–Kier alpha value is -2.44. The van der Waals surface area contributed by atoms with E-state index in [9.17, 15) is 14.0 Å². The molecule has 5 nitrogen and oxygen atoms in total. The van der Waals surface area contributed by atoms with Crippen LogP contribution in [-0.4, -0.2) is 55.0 Å². The molecule has 0 N–H and O–H groups in total. The highest BCUT2D eigenvalue weighted by atomic mass is 35.5. The van der Waals surface area contributed by atoms with Crippen LogP contribution in [0.15, 0.2) is 42.5 Å². The summed E-state index contributed by atoms with van der Waals surface area (Å²) in [7, 11) is 1.32. The zero-order valence-corrected chi connectivity index (χ0v) is 15.7. The van der Waals surface area contributed by atoms with E-state index < -0.39 is 5.97 Å². The van der Waals surface area contributed by atoms with Crippen LogP contribution >= 0.6 is 11.6 Å². The first-order valence-corrected chi connectivity index (χ1v) is 8.99. The lowest BCUT2D eigenvalue weighted by Crippen LogP contribution is -2.48. The Bertz CT molecular complexity index is 834. The predicted molar refractivity (Wildman–Crippen MR) is 100 cm³/mol. The van der Waals surface area contributed by atoms with E-state index in [-0.39, 0.29) is 11.7 Å². The molecule has 0 bridgehead atoms. The number of piperazine rings is 1. The van der Waals surface area contributed by atoms with Crippen molar-refractivity contribution in [1.82, 2.24) is 9.80 Å². The zero-order valence-electron chi connectivity index (χ0n) is 15.0. The number of halogens is 2. The van der Waals surface area contributed by atoms with Gasteiger partial charge in [0, 0.05) is 43.3 Å².